The van der Waals surface area contributed by atoms with Crippen LogP contribution in [0.2, 0.25) is 0 Å². The van der Waals surface area contributed by atoms with Crippen LogP contribution in [0.3, 0.4) is 0 Å². The third kappa shape index (κ3) is 5.93. The molecule has 158 valence electrons. The van der Waals surface area contributed by atoms with Gasteiger partial charge in [0.15, 0.2) is 0 Å². The first-order valence-corrected chi connectivity index (χ1v) is 11.0. The quantitative estimate of drug-likeness (QED) is 0.673. The number of hydrogen-bond acceptors (Lipinski definition) is 4. The van der Waals surface area contributed by atoms with Crippen LogP contribution >= 0.6 is 0 Å². The number of nitrogens with zero attached hydrogens (tertiary/aromatic N) is 1. The minimum atomic E-state index is -3.81. The van der Waals surface area contributed by atoms with Gasteiger partial charge in [-0.15, -0.1) is 0 Å². The van der Waals surface area contributed by atoms with Crippen LogP contribution in [0, 0.1) is 5.82 Å². The van der Waals surface area contributed by atoms with Crippen molar-refractivity contribution in [1.29, 1.82) is 0 Å². The van der Waals surface area contributed by atoms with Gasteiger partial charge in [-0.3, -0.25) is 9.52 Å². The highest BCUT2D eigenvalue weighted by molar-refractivity contribution is 7.92. The van der Waals surface area contributed by atoms with Crippen LogP contribution in [-0.4, -0.2) is 37.4 Å². The van der Waals surface area contributed by atoms with E-state index < -0.39 is 21.9 Å². The Morgan fingerprint density at radius 1 is 0.862 bits per heavy atom. The van der Waals surface area contributed by atoms with E-state index in [-0.39, 0.29) is 22.9 Å². The SMILES string of the molecule is CC(C)N(C(=O)[C@@H](C)Nc1ccc(NS(=O)(=O)c2ccc(F)cc2)cc1)C(C)C. The average molecular weight is 422 g/mol. The molecule has 29 heavy (non-hydrogen) atoms. The van der Waals surface area contributed by atoms with Crippen LogP contribution < -0.4 is 10.0 Å². The van der Waals surface area contributed by atoms with Gasteiger partial charge in [-0.05, 0) is 83.1 Å². The highest BCUT2D eigenvalue weighted by Crippen LogP contribution is 2.20. The fourth-order valence-corrected chi connectivity index (χ4v) is 4.16. The highest BCUT2D eigenvalue weighted by atomic mass is 32.2. The van der Waals surface area contributed by atoms with Crippen LogP contribution in [-0.2, 0) is 14.8 Å². The number of anilines is 2. The molecule has 0 saturated carbocycles. The summed E-state index contributed by atoms with van der Waals surface area (Å²) in [6.07, 6.45) is 0. The van der Waals surface area contributed by atoms with Crippen molar-refractivity contribution in [2.24, 2.45) is 0 Å². The second-order valence-electron chi connectivity index (χ2n) is 7.44. The Bertz CT molecular complexity index is 919. The lowest BCUT2D eigenvalue weighted by molar-refractivity contribution is -0.135. The van der Waals surface area contributed by atoms with Crippen molar-refractivity contribution in [3.05, 3.63) is 54.3 Å². The topological polar surface area (TPSA) is 78.5 Å². The molecule has 2 N–H and O–H groups in total. The maximum Gasteiger partial charge on any atom is 0.261 e. The summed E-state index contributed by atoms with van der Waals surface area (Å²) in [6.45, 7) is 9.71. The van der Waals surface area contributed by atoms with Crippen LogP contribution in [0.5, 0.6) is 0 Å². The first kappa shape index (κ1) is 22.7. The van der Waals surface area contributed by atoms with Crippen molar-refractivity contribution in [3.8, 4) is 0 Å². The molecule has 0 heterocycles. The summed E-state index contributed by atoms with van der Waals surface area (Å²) in [5.74, 6) is -0.507. The molecule has 2 aromatic rings. The maximum atomic E-state index is 13.0. The van der Waals surface area contributed by atoms with Gasteiger partial charge in [0.25, 0.3) is 10.0 Å². The van der Waals surface area contributed by atoms with Gasteiger partial charge in [-0.1, -0.05) is 0 Å². The third-order valence-electron chi connectivity index (χ3n) is 4.38. The maximum absolute atomic E-state index is 13.0. The molecule has 2 rings (SSSR count). The van der Waals surface area contributed by atoms with Crippen LogP contribution in [0.1, 0.15) is 34.6 Å². The third-order valence-corrected chi connectivity index (χ3v) is 5.78. The summed E-state index contributed by atoms with van der Waals surface area (Å²) in [5.41, 5.74) is 1.06. The van der Waals surface area contributed by atoms with Crippen molar-refractivity contribution >= 4 is 27.3 Å². The van der Waals surface area contributed by atoms with E-state index in [2.05, 4.69) is 10.0 Å². The zero-order valence-corrected chi connectivity index (χ0v) is 18.1. The number of benzene rings is 2. The Morgan fingerprint density at radius 3 is 1.83 bits per heavy atom. The van der Waals surface area contributed by atoms with Crippen LogP contribution in [0.4, 0.5) is 15.8 Å². The Hall–Kier alpha value is -2.61. The number of amides is 1. The predicted molar refractivity (Wildman–Crippen MR) is 114 cm³/mol. The van der Waals surface area contributed by atoms with E-state index in [0.29, 0.717) is 11.4 Å². The van der Waals surface area contributed by atoms with Gasteiger partial charge in [-0.25, -0.2) is 12.8 Å². The molecule has 6 nitrogen and oxygen atoms in total. The molecule has 0 aliphatic carbocycles. The van der Waals surface area contributed by atoms with Crippen LogP contribution in [0.25, 0.3) is 0 Å². The lowest BCUT2D eigenvalue weighted by atomic mass is 10.1. The first-order chi connectivity index (χ1) is 13.5. The zero-order valence-electron chi connectivity index (χ0n) is 17.3. The molecule has 0 aromatic heterocycles. The molecule has 0 bridgehead atoms. The van der Waals surface area contributed by atoms with Crippen molar-refractivity contribution in [1.82, 2.24) is 4.90 Å². The lowest BCUT2D eigenvalue weighted by Gasteiger charge is -2.33. The molecular weight excluding hydrogens is 393 g/mol. The van der Waals surface area contributed by atoms with Gasteiger partial charge >= 0.3 is 0 Å². The normalized spacial score (nSPS) is 12.7. The number of rotatable bonds is 8. The Morgan fingerprint density at radius 2 is 1.34 bits per heavy atom. The summed E-state index contributed by atoms with van der Waals surface area (Å²) >= 11 is 0. The fourth-order valence-electron chi connectivity index (χ4n) is 3.10. The van der Waals surface area contributed by atoms with Gasteiger partial charge in [-0.2, -0.15) is 0 Å². The average Bonchev–Trinajstić information content (AvgIpc) is 2.62. The van der Waals surface area contributed by atoms with E-state index in [0.717, 1.165) is 12.1 Å². The molecule has 0 spiro atoms. The van der Waals surface area contributed by atoms with Gasteiger partial charge < -0.3 is 10.2 Å². The molecule has 1 amide bonds. The second kappa shape index (κ2) is 9.26. The summed E-state index contributed by atoms with van der Waals surface area (Å²) in [6, 6.07) is 10.9. The van der Waals surface area contributed by atoms with E-state index >= 15 is 0 Å². The first-order valence-electron chi connectivity index (χ1n) is 9.48. The van der Waals surface area contributed by atoms with E-state index in [1.807, 2.05) is 32.6 Å². The monoisotopic (exact) mass is 421 g/mol. The Kier molecular flexibility index (Phi) is 7.24. The summed E-state index contributed by atoms with van der Waals surface area (Å²) in [5, 5.41) is 3.15. The highest BCUT2D eigenvalue weighted by Gasteiger charge is 2.25. The number of halogens is 1. The van der Waals surface area contributed by atoms with E-state index in [9.17, 15) is 17.6 Å². The number of carbonyl (C=O) groups excluding carboxylic acids is 1. The van der Waals surface area contributed by atoms with Gasteiger partial charge in [0.2, 0.25) is 5.91 Å². The number of hydrogen-bond donors (Lipinski definition) is 2. The molecule has 0 radical (unpaired) electrons. The minimum absolute atomic E-state index is 0.00362. The van der Waals surface area contributed by atoms with Crippen molar-refractivity contribution in [2.75, 3.05) is 10.0 Å². The molecule has 0 aliphatic heterocycles. The molecule has 0 aliphatic rings. The zero-order chi connectivity index (χ0) is 21.8. The Labute approximate surface area is 172 Å². The van der Waals surface area contributed by atoms with Crippen molar-refractivity contribution in [3.63, 3.8) is 0 Å². The number of carbonyl (C=O) groups is 1. The minimum Gasteiger partial charge on any atom is -0.374 e. The van der Waals surface area contributed by atoms with E-state index in [4.69, 9.17) is 0 Å². The number of nitrogens with one attached hydrogen (secondary N) is 2. The number of sulfonamides is 1. The standard InChI is InChI=1S/C21H28FN3O3S/c1-14(2)25(15(3)4)21(26)16(5)23-18-8-10-19(11-9-18)24-29(27,28)20-12-6-17(22)7-13-20/h6-16,23-24H,1-5H3/t16-/m1/s1. The summed E-state index contributed by atoms with van der Waals surface area (Å²) < 4.78 is 40.2. The predicted octanol–water partition coefficient (Wildman–Crippen LogP) is 4.07. The molecule has 8 heteroatoms. The van der Waals surface area contributed by atoms with E-state index in [1.165, 1.54) is 12.1 Å². The molecular formula is C21H28FN3O3S. The molecule has 2 aromatic carbocycles. The fraction of sp³-hybridized carbons (Fsp3) is 0.381. The smallest absolute Gasteiger partial charge is 0.261 e. The summed E-state index contributed by atoms with van der Waals surface area (Å²) in [4.78, 5) is 14.5. The van der Waals surface area contributed by atoms with E-state index in [1.54, 1.807) is 31.2 Å². The summed E-state index contributed by atoms with van der Waals surface area (Å²) in [7, 11) is -3.81. The molecule has 1 atom stereocenters. The second-order valence-corrected chi connectivity index (χ2v) is 9.12. The largest absolute Gasteiger partial charge is 0.374 e. The Balaban J connectivity index is 2.06. The van der Waals surface area contributed by atoms with Gasteiger partial charge in [0.05, 0.1) is 4.90 Å². The molecule has 0 saturated heterocycles. The van der Waals surface area contributed by atoms with Gasteiger partial charge in [0, 0.05) is 23.5 Å². The van der Waals surface area contributed by atoms with Gasteiger partial charge in [0.1, 0.15) is 11.9 Å². The van der Waals surface area contributed by atoms with Crippen molar-refractivity contribution < 1.29 is 17.6 Å². The molecule has 0 fully saturated rings. The molecule has 0 unspecified atom stereocenters. The lowest BCUT2D eigenvalue weighted by Crippen LogP contribution is -2.48. The van der Waals surface area contributed by atoms with Crippen LogP contribution in [0.15, 0.2) is 53.4 Å². The van der Waals surface area contributed by atoms with Crippen molar-refractivity contribution in [2.45, 2.75) is 57.6 Å².